The fourth-order valence-electron chi connectivity index (χ4n) is 9.62. The molecule has 0 aliphatic carbocycles. The van der Waals surface area contributed by atoms with E-state index in [1.807, 2.05) is 0 Å². The zero-order chi connectivity index (χ0) is 67.5. The molecule has 0 aliphatic heterocycles. The Bertz CT molecular complexity index is 2040. The van der Waals surface area contributed by atoms with Gasteiger partial charge in [-0.15, -0.1) is 0 Å². The summed E-state index contributed by atoms with van der Waals surface area (Å²) in [6, 6.07) is 0. The first kappa shape index (κ1) is 88.5. The number of esters is 4. The van der Waals surface area contributed by atoms with Gasteiger partial charge in [0.25, 0.3) is 0 Å². The number of ether oxygens (including phenoxy) is 4. The molecule has 5 unspecified atom stereocenters. The van der Waals surface area contributed by atoms with Gasteiger partial charge in [-0.05, 0) is 109 Å². The van der Waals surface area contributed by atoms with E-state index >= 15 is 0 Å². The number of aliphatic hydroxyl groups excluding tert-OH is 1. The Morgan fingerprint density at radius 2 is 0.587 bits per heavy atom. The lowest BCUT2D eigenvalue weighted by Gasteiger charge is -2.21. The molecule has 0 aliphatic rings. The highest BCUT2D eigenvalue weighted by molar-refractivity contribution is 7.47. The largest absolute Gasteiger partial charge is 0.472 e. The molecule has 0 rings (SSSR count). The quantitative estimate of drug-likeness (QED) is 0.0169. The Kier molecular flexibility index (Phi) is 63.6. The smallest absolute Gasteiger partial charge is 0.462 e. The van der Waals surface area contributed by atoms with Crippen molar-refractivity contribution in [2.45, 2.75) is 329 Å². The van der Waals surface area contributed by atoms with Crippen LogP contribution in [-0.2, 0) is 65.4 Å². The number of carbonyl (C=O) groups is 4. The van der Waals surface area contributed by atoms with Gasteiger partial charge < -0.3 is 33.8 Å². The van der Waals surface area contributed by atoms with E-state index in [0.717, 1.165) is 167 Å². The number of phosphoric acid groups is 2. The maximum absolute atomic E-state index is 13.0. The average Bonchev–Trinajstić information content (AvgIpc) is 2.73. The Labute approximate surface area is 558 Å². The van der Waals surface area contributed by atoms with Gasteiger partial charge in [0.15, 0.2) is 12.2 Å². The fraction of sp³-hybridized carbons (Fsp3) is 0.781. The van der Waals surface area contributed by atoms with E-state index in [1.165, 1.54) is 64.2 Å². The zero-order valence-corrected chi connectivity index (χ0v) is 59.8. The van der Waals surface area contributed by atoms with Crippen LogP contribution in [0.5, 0.6) is 0 Å². The van der Waals surface area contributed by atoms with Crippen LogP contribution in [-0.4, -0.2) is 96.7 Å². The molecule has 0 aromatic heterocycles. The molecular weight excluding hydrogens is 1210 g/mol. The molecule has 0 heterocycles. The lowest BCUT2D eigenvalue weighted by molar-refractivity contribution is -0.161. The Morgan fingerprint density at radius 1 is 0.315 bits per heavy atom. The highest BCUT2D eigenvalue weighted by Crippen LogP contribution is 2.45. The summed E-state index contributed by atoms with van der Waals surface area (Å²) in [6.45, 7) is 4.64. The minimum atomic E-state index is -4.97. The second-order valence-electron chi connectivity index (χ2n) is 24.2. The van der Waals surface area contributed by atoms with Crippen molar-refractivity contribution in [2.75, 3.05) is 39.6 Å². The topological polar surface area (TPSA) is 237 Å². The SMILES string of the molecule is CC/C=C\C/C=C\C/C=C\CCCCCCCC(=O)OCC(COP(=O)(O)OCC(O)COP(=O)(O)OCC(COC(=O)CCCCCCC/C=C\C/C=C\CCC)OC(=O)CCCCCCCCCCCCC)OC(=O)CCCCCCC/C=C\CCCCCC. The molecule has 534 valence electrons. The molecule has 19 heteroatoms. The van der Waals surface area contributed by atoms with E-state index in [0.29, 0.717) is 25.7 Å². The average molecular weight is 1340 g/mol. The first-order valence-electron chi connectivity index (χ1n) is 36.2. The van der Waals surface area contributed by atoms with Gasteiger partial charge in [-0.3, -0.25) is 37.3 Å². The van der Waals surface area contributed by atoms with Crippen LogP contribution in [0.1, 0.15) is 310 Å². The van der Waals surface area contributed by atoms with Crippen molar-refractivity contribution in [1.29, 1.82) is 0 Å². The van der Waals surface area contributed by atoms with E-state index in [9.17, 15) is 43.2 Å². The van der Waals surface area contributed by atoms with Gasteiger partial charge in [0.2, 0.25) is 0 Å². The normalized spacial score (nSPS) is 14.5. The van der Waals surface area contributed by atoms with Crippen LogP contribution in [0, 0.1) is 0 Å². The van der Waals surface area contributed by atoms with E-state index in [2.05, 4.69) is 101 Å². The summed E-state index contributed by atoms with van der Waals surface area (Å²) >= 11 is 0. The van der Waals surface area contributed by atoms with Crippen molar-refractivity contribution in [2.24, 2.45) is 0 Å². The molecular formula is C73H130O17P2. The summed E-state index contributed by atoms with van der Waals surface area (Å²) in [6.07, 6.45) is 63.4. The number of hydrogen-bond donors (Lipinski definition) is 3. The molecule has 0 radical (unpaired) electrons. The first-order chi connectivity index (χ1) is 44.7. The lowest BCUT2D eigenvalue weighted by Crippen LogP contribution is -2.30. The van der Waals surface area contributed by atoms with E-state index in [-0.39, 0.29) is 25.7 Å². The molecule has 5 atom stereocenters. The summed E-state index contributed by atoms with van der Waals surface area (Å²) in [7, 11) is -9.93. The number of hydrogen-bond acceptors (Lipinski definition) is 15. The highest BCUT2D eigenvalue weighted by Gasteiger charge is 2.30. The molecule has 0 aromatic carbocycles. The minimum absolute atomic E-state index is 0.0830. The van der Waals surface area contributed by atoms with Crippen LogP contribution in [0.2, 0.25) is 0 Å². The van der Waals surface area contributed by atoms with Crippen LogP contribution in [0.15, 0.2) is 72.9 Å². The molecule has 0 spiro atoms. The number of carbonyl (C=O) groups excluding carboxylic acids is 4. The molecule has 0 saturated heterocycles. The Balaban J connectivity index is 5.32. The summed E-state index contributed by atoms with van der Waals surface area (Å²) in [4.78, 5) is 72.6. The van der Waals surface area contributed by atoms with Crippen LogP contribution in [0.3, 0.4) is 0 Å². The standard InChI is InChI=1S/C73H130O17P2/c1-5-9-13-17-21-25-29-32-33-36-39-42-46-50-54-58-71(76)84-64-69(90-73(78)60-56-52-48-44-40-35-31-27-23-19-15-11-7-3)66-88-92(81,82)86-62-67(74)61-85-91(79,80)87-65-68(89-72(77)59-55-51-47-43-37-28-24-20-16-12-8-4)63-83-70(75)57-53-49-45-41-38-34-30-26-22-18-14-10-6-2/h9,13-14,18,21,25-27,30-33,67-69,74H,5-8,10-12,15-17,19-20,22-24,28-29,34-66H2,1-4H3,(H,79,80)(H,81,82)/b13-9-,18-14-,25-21-,30-26-,31-27-,33-32-. The van der Waals surface area contributed by atoms with E-state index in [4.69, 9.17) is 37.0 Å². The fourth-order valence-corrected chi connectivity index (χ4v) is 11.2. The van der Waals surface area contributed by atoms with Gasteiger partial charge >= 0.3 is 39.5 Å². The summed E-state index contributed by atoms with van der Waals surface area (Å²) < 4.78 is 68.2. The monoisotopic (exact) mass is 1340 g/mol. The molecule has 0 fully saturated rings. The third-order valence-electron chi connectivity index (χ3n) is 15.1. The van der Waals surface area contributed by atoms with Crippen molar-refractivity contribution in [3.63, 3.8) is 0 Å². The summed E-state index contributed by atoms with van der Waals surface area (Å²) in [5, 5.41) is 10.6. The molecule has 0 bridgehead atoms. The maximum Gasteiger partial charge on any atom is 0.472 e. The van der Waals surface area contributed by atoms with Gasteiger partial charge in [-0.1, -0.05) is 248 Å². The van der Waals surface area contributed by atoms with E-state index < -0.39 is 97.5 Å². The predicted octanol–water partition coefficient (Wildman–Crippen LogP) is 20.1. The first-order valence-corrected chi connectivity index (χ1v) is 39.2. The second kappa shape index (κ2) is 66.1. The minimum Gasteiger partial charge on any atom is -0.462 e. The highest BCUT2D eigenvalue weighted by atomic mass is 31.2. The van der Waals surface area contributed by atoms with Crippen LogP contribution in [0.4, 0.5) is 0 Å². The molecule has 0 aromatic rings. The van der Waals surface area contributed by atoms with Crippen molar-refractivity contribution in [3.8, 4) is 0 Å². The molecule has 0 amide bonds. The molecule has 92 heavy (non-hydrogen) atoms. The molecule has 17 nitrogen and oxygen atoms in total. The van der Waals surface area contributed by atoms with Crippen molar-refractivity contribution < 1.29 is 80.2 Å². The Morgan fingerprint density at radius 3 is 0.935 bits per heavy atom. The van der Waals surface area contributed by atoms with Gasteiger partial charge in [0.05, 0.1) is 26.4 Å². The lowest BCUT2D eigenvalue weighted by atomic mass is 10.1. The van der Waals surface area contributed by atoms with Gasteiger partial charge in [0, 0.05) is 25.7 Å². The second-order valence-corrected chi connectivity index (χ2v) is 27.1. The summed E-state index contributed by atoms with van der Waals surface area (Å²) in [5.74, 6) is -2.20. The number of rotatable bonds is 68. The number of phosphoric ester groups is 2. The van der Waals surface area contributed by atoms with Crippen molar-refractivity contribution in [3.05, 3.63) is 72.9 Å². The third kappa shape index (κ3) is 65.2. The van der Waals surface area contributed by atoms with Gasteiger partial charge in [0.1, 0.15) is 19.3 Å². The number of unbranched alkanes of at least 4 members (excludes halogenated alkanes) is 30. The Hall–Kier alpha value is -3.50. The van der Waals surface area contributed by atoms with Crippen LogP contribution >= 0.6 is 15.6 Å². The van der Waals surface area contributed by atoms with Crippen LogP contribution in [0.25, 0.3) is 0 Å². The zero-order valence-electron chi connectivity index (χ0n) is 58.0. The summed E-state index contributed by atoms with van der Waals surface area (Å²) in [5.41, 5.74) is 0. The number of aliphatic hydroxyl groups is 1. The van der Waals surface area contributed by atoms with E-state index in [1.54, 1.807) is 0 Å². The maximum atomic E-state index is 13.0. The van der Waals surface area contributed by atoms with Gasteiger partial charge in [-0.25, -0.2) is 9.13 Å². The third-order valence-corrected chi connectivity index (χ3v) is 17.0. The van der Waals surface area contributed by atoms with Crippen molar-refractivity contribution in [1.82, 2.24) is 0 Å². The predicted molar refractivity (Wildman–Crippen MR) is 372 cm³/mol. The van der Waals surface area contributed by atoms with Crippen LogP contribution < -0.4 is 0 Å². The number of allylic oxidation sites excluding steroid dienone is 12. The van der Waals surface area contributed by atoms with Gasteiger partial charge in [-0.2, -0.15) is 0 Å². The van der Waals surface area contributed by atoms with Crippen molar-refractivity contribution >= 4 is 39.5 Å². The molecule has 3 N–H and O–H groups in total. The molecule has 0 saturated carbocycles.